The number of nitrogens with zero attached hydrogens (tertiary/aromatic N) is 2. The Morgan fingerprint density at radius 2 is 1.86 bits per heavy atom. The molecule has 3 rings (SSSR count). The van der Waals surface area contributed by atoms with Crippen molar-refractivity contribution >= 4 is 28.3 Å². The molecule has 0 aliphatic heterocycles. The summed E-state index contributed by atoms with van der Waals surface area (Å²) in [5, 5.41) is 13.2. The molecule has 0 bridgehead atoms. The highest BCUT2D eigenvalue weighted by atomic mass is 19.4. The van der Waals surface area contributed by atoms with Gasteiger partial charge in [-0.3, -0.25) is 14.4 Å². The standard InChI is InChI=1S/C19H20F3N5O2/c1-26(24)18-16(23)14-10-11(17(29)25-8-9-28)2-7-15(14)27(18)13-5-3-12(4-6-13)19(20,21)22/h2-7,10,28H,8-9,23-24H2,1H3,(H,25,29). The first-order valence-electron chi connectivity index (χ1n) is 8.64. The second kappa shape index (κ2) is 7.64. The molecule has 0 spiro atoms. The zero-order valence-corrected chi connectivity index (χ0v) is 15.5. The third-order valence-electron chi connectivity index (χ3n) is 4.43. The Hall–Kier alpha value is -3.24. The zero-order chi connectivity index (χ0) is 21.3. The number of anilines is 2. The first-order valence-corrected chi connectivity index (χ1v) is 8.64. The molecule has 0 saturated carbocycles. The van der Waals surface area contributed by atoms with E-state index < -0.39 is 11.7 Å². The van der Waals surface area contributed by atoms with Crippen molar-refractivity contribution in [2.75, 3.05) is 30.9 Å². The molecule has 0 aliphatic carbocycles. The predicted octanol–water partition coefficient (Wildman–Crippen LogP) is 2.26. The summed E-state index contributed by atoms with van der Waals surface area (Å²) in [7, 11) is 1.56. The van der Waals surface area contributed by atoms with E-state index in [1.54, 1.807) is 29.8 Å². The number of carbonyl (C=O) groups excluding carboxylic acids is 1. The lowest BCUT2D eigenvalue weighted by Crippen LogP contribution is -2.28. The molecule has 0 atom stereocenters. The molecule has 0 aliphatic rings. The maximum Gasteiger partial charge on any atom is 0.416 e. The molecular formula is C19H20F3N5O2. The lowest BCUT2D eigenvalue weighted by atomic mass is 10.1. The first kappa shape index (κ1) is 20.5. The van der Waals surface area contributed by atoms with Crippen LogP contribution < -0.4 is 21.9 Å². The lowest BCUT2D eigenvalue weighted by Gasteiger charge is -2.18. The van der Waals surface area contributed by atoms with Crippen LogP contribution >= 0.6 is 0 Å². The van der Waals surface area contributed by atoms with Crippen LogP contribution in [0.15, 0.2) is 42.5 Å². The topological polar surface area (TPSA) is 110 Å². The minimum atomic E-state index is -4.44. The van der Waals surface area contributed by atoms with Gasteiger partial charge in [0.25, 0.3) is 5.91 Å². The summed E-state index contributed by atoms with van der Waals surface area (Å²) >= 11 is 0. The summed E-state index contributed by atoms with van der Waals surface area (Å²) < 4.78 is 40.3. The molecule has 29 heavy (non-hydrogen) atoms. The maximum absolute atomic E-state index is 12.9. The summed E-state index contributed by atoms with van der Waals surface area (Å²) in [6.45, 7) is -0.0851. The van der Waals surface area contributed by atoms with Crippen LogP contribution in [0.3, 0.4) is 0 Å². The number of fused-ring (bicyclic) bond motifs is 1. The highest BCUT2D eigenvalue weighted by Gasteiger charge is 2.30. The van der Waals surface area contributed by atoms with Gasteiger partial charge in [0.15, 0.2) is 5.82 Å². The minimum absolute atomic E-state index is 0.107. The van der Waals surface area contributed by atoms with E-state index in [9.17, 15) is 18.0 Å². The predicted molar refractivity (Wildman–Crippen MR) is 105 cm³/mol. The van der Waals surface area contributed by atoms with Gasteiger partial charge < -0.3 is 16.2 Å². The van der Waals surface area contributed by atoms with Gasteiger partial charge in [0.1, 0.15) is 0 Å². The number of hydrogen-bond acceptors (Lipinski definition) is 5. The molecule has 0 unspecified atom stereocenters. The van der Waals surface area contributed by atoms with E-state index in [0.717, 1.165) is 12.1 Å². The van der Waals surface area contributed by atoms with Gasteiger partial charge in [0.2, 0.25) is 0 Å². The number of carbonyl (C=O) groups is 1. The number of aliphatic hydroxyl groups excluding tert-OH is 1. The number of halogens is 3. The van der Waals surface area contributed by atoms with Crippen LogP contribution in [0.4, 0.5) is 24.7 Å². The Bertz CT molecular complexity index is 1040. The number of nitrogens with one attached hydrogen (secondary N) is 1. The van der Waals surface area contributed by atoms with E-state index >= 15 is 0 Å². The summed E-state index contributed by atoms with van der Waals surface area (Å²) in [4.78, 5) is 12.2. The van der Waals surface area contributed by atoms with Gasteiger partial charge in [-0.2, -0.15) is 13.2 Å². The number of alkyl halides is 3. The van der Waals surface area contributed by atoms with Crippen molar-refractivity contribution in [1.29, 1.82) is 0 Å². The number of aromatic nitrogens is 1. The number of hydrogen-bond donors (Lipinski definition) is 4. The number of nitrogens with two attached hydrogens (primary N) is 2. The molecule has 7 nitrogen and oxygen atoms in total. The molecule has 0 fully saturated rings. The van der Waals surface area contributed by atoms with Crippen LogP contribution in [0.25, 0.3) is 16.6 Å². The van der Waals surface area contributed by atoms with Crippen LogP contribution in [0.5, 0.6) is 0 Å². The molecule has 2 aromatic carbocycles. The summed E-state index contributed by atoms with van der Waals surface area (Å²) in [5.41, 5.74) is 7.10. The fourth-order valence-electron chi connectivity index (χ4n) is 3.12. The van der Waals surface area contributed by atoms with Gasteiger partial charge in [0, 0.05) is 30.2 Å². The Morgan fingerprint density at radius 1 is 1.21 bits per heavy atom. The second-order valence-corrected chi connectivity index (χ2v) is 6.44. The maximum atomic E-state index is 12.9. The van der Waals surface area contributed by atoms with Crippen LogP contribution in [-0.4, -0.2) is 35.8 Å². The zero-order valence-electron chi connectivity index (χ0n) is 15.5. The average Bonchev–Trinajstić information content (AvgIpc) is 2.97. The third-order valence-corrected chi connectivity index (χ3v) is 4.43. The largest absolute Gasteiger partial charge is 0.416 e. The molecule has 154 valence electrons. The monoisotopic (exact) mass is 407 g/mol. The van der Waals surface area contributed by atoms with E-state index in [2.05, 4.69) is 5.32 Å². The Balaban J connectivity index is 2.16. The van der Waals surface area contributed by atoms with E-state index in [-0.39, 0.29) is 24.7 Å². The lowest BCUT2D eigenvalue weighted by molar-refractivity contribution is -0.137. The highest BCUT2D eigenvalue weighted by molar-refractivity contribution is 6.05. The number of amides is 1. The van der Waals surface area contributed by atoms with Crippen molar-refractivity contribution < 1.29 is 23.1 Å². The average molecular weight is 407 g/mol. The third kappa shape index (κ3) is 3.84. The van der Waals surface area contributed by atoms with Crippen molar-refractivity contribution in [3.63, 3.8) is 0 Å². The molecule has 10 heteroatoms. The highest BCUT2D eigenvalue weighted by Crippen LogP contribution is 2.38. The fraction of sp³-hybridized carbons (Fsp3) is 0.211. The van der Waals surface area contributed by atoms with Crippen LogP contribution in [0.1, 0.15) is 15.9 Å². The van der Waals surface area contributed by atoms with Crippen molar-refractivity contribution in [1.82, 2.24) is 9.88 Å². The molecule has 3 aromatic rings. The number of rotatable bonds is 5. The van der Waals surface area contributed by atoms with Crippen molar-refractivity contribution in [2.24, 2.45) is 5.84 Å². The van der Waals surface area contributed by atoms with Crippen LogP contribution in [0.2, 0.25) is 0 Å². The molecule has 1 amide bonds. The van der Waals surface area contributed by atoms with Crippen molar-refractivity contribution in [2.45, 2.75) is 6.18 Å². The normalized spacial score (nSPS) is 11.7. The quantitative estimate of drug-likeness (QED) is 0.383. The van der Waals surface area contributed by atoms with Gasteiger partial charge >= 0.3 is 6.18 Å². The summed E-state index contributed by atoms with van der Waals surface area (Å²) in [6, 6.07) is 9.40. The molecule has 0 saturated heterocycles. The van der Waals surface area contributed by atoms with Gasteiger partial charge in [-0.1, -0.05) is 0 Å². The number of aliphatic hydroxyl groups is 1. The fourth-order valence-corrected chi connectivity index (χ4v) is 3.12. The van der Waals surface area contributed by atoms with Crippen LogP contribution in [0, 0.1) is 0 Å². The second-order valence-electron chi connectivity index (χ2n) is 6.44. The number of nitrogen functional groups attached to an aromatic ring is 1. The Morgan fingerprint density at radius 3 is 2.41 bits per heavy atom. The molecular weight excluding hydrogens is 387 g/mol. The van der Waals surface area contributed by atoms with Gasteiger partial charge in [-0.25, -0.2) is 5.84 Å². The SMILES string of the molecule is CN(N)c1c(N)c2cc(C(=O)NCCO)ccc2n1-c1ccc(C(F)(F)F)cc1. The van der Waals surface area contributed by atoms with Crippen LogP contribution in [-0.2, 0) is 6.18 Å². The summed E-state index contributed by atoms with van der Waals surface area (Å²) in [5.74, 6) is 5.91. The minimum Gasteiger partial charge on any atom is -0.395 e. The van der Waals surface area contributed by atoms with Gasteiger partial charge in [-0.05, 0) is 42.5 Å². The summed E-state index contributed by atoms with van der Waals surface area (Å²) in [6.07, 6.45) is -4.44. The van der Waals surface area contributed by atoms with Gasteiger partial charge in [-0.15, -0.1) is 0 Å². The van der Waals surface area contributed by atoms with E-state index in [0.29, 0.717) is 28.0 Å². The van der Waals surface area contributed by atoms with E-state index in [1.807, 2.05) is 0 Å². The van der Waals surface area contributed by atoms with E-state index in [4.69, 9.17) is 16.7 Å². The van der Waals surface area contributed by atoms with E-state index in [1.165, 1.54) is 17.1 Å². The Kier molecular flexibility index (Phi) is 5.40. The van der Waals surface area contributed by atoms with Crippen molar-refractivity contribution in [3.05, 3.63) is 53.6 Å². The van der Waals surface area contributed by atoms with Gasteiger partial charge in [0.05, 0.1) is 23.4 Å². The number of benzene rings is 2. The van der Waals surface area contributed by atoms with Crippen molar-refractivity contribution in [3.8, 4) is 5.69 Å². The molecule has 1 aromatic heterocycles. The Labute approximate surface area is 164 Å². The first-order chi connectivity index (χ1) is 13.6. The molecule has 1 heterocycles. The molecule has 0 radical (unpaired) electrons. The molecule has 6 N–H and O–H groups in total. The number of hydrazine groups is 1. The smallest absolute Gasteiger partial charge is 0.395 e.